The van der Waals surface area contributed by atoms with E-state index in [4.69, 9.17) is 0 Å². The molecule has 0 aromatic carbocycles. The van der Waals surface area contributed by atoms with E-state index in [2.05, 4.69) is 14.7 Å². The predicted octanol–water partition coefficient (Wildman–Crippen LogP) is 1.81. The Morgan fingerprint density at radius 1 is 1.38 bits per heavy atom. The van der Waals surface area contributed by atoms with Gasteiger partial charge in [0, 0.05) is 11.8 Å². The maximum Gasteiger partial charge on any atom is 0.451 e. The van der Waals surface area contributed by atoms with Crippen LogP contribution in [0.5, 0.6) is 5.88 Å². The second-order valence-electron chi connectivity index (χ2n) is 2.38. The van der Waals surface area contributed by atoms with Gasteiger partial charge in [-0.25, -0.2) is 4.98 Å². The van der Waals surface area contributed by atoms with Crippen LogP contribution >= 0.6 is 0 Å². The molecule has 0 bridgehead atoms. The molecule has 0 saturated heterocycles. The molecule has 1 rings (SSSR count). The van der Waals surface area contributed by atoms with Crippen molar-refractivity contribution in [1.82, 2.24) is 9.97 Å². The minimum absolute atomic E-state index is 0.0534. The van der Waals surface area contributed by atoms with Gasteiger partial charge in [-0.3, -0.25) is 0 Å². The molecule has 0 unspecified atom stereocenters. The molecule has 1 aromatic rings. The normalized spacial score (nSPS) is 11.5. The molecule has 0 amide bonds. The van der Waals surface area contributed by atoms with Crippen molar-refractivity contribution < 1.29 is 17.9 Å². The molecular formula is C7H7F3N2O. The Kier molecular flexibility index (Phi) is 2.40. The fourth-order valence-electron chi connectivity index (χ4n) is 0.770. The number of nitrogens with zero attached hydrogens (tertiary/aromatic N) is 2. The van der Waals surface area contributed by atoms with Gasteiger partial charge in [0.1, 0.15) is 0 Å². The molecule has 0 aliphatic heterocycles. The SMILES string of the molecule is COc1nc(C(F)(F)F)ncc1C. The van der Waals surface area contributed by atoms with Crippen LogP contribution in [0.15, 0.2) is 6.20 Å². The van der Waals surface area contributed by atoms with E-state index in [0.29, 0.717) is 5.56 Å². The number of methoxy groups -OCH3 is 1. The largest absolute Gasteiger partial charge is 0.481 e. The third-order valence-corrected chi connectivity index (χ3v) is 1.37. The minimum atomic E-state index is -4.53. The van der Waals surface area contributed by atoms with E-state index in [1.165, 1.54) is 7.11 Å². The highest BCUT2D eigenvalue weighted by Crippen LogP contribution is 2.27. The first-order valence-corrected chi connectivity index (χ1v) is 3.40. The van der Waals surface area contributed by atoms with Gasteiger partial charge in [-0.15, -0.1) is 0 Å². The lowest BCUT2D eigenvalue weighted by atomic mass is 10.3. The van der Waals surface area contributed by atoms with E-state index < -0.39 is 12.0 Å². The molecule has 0 spiro atoms. The van der Waals surface area contributed by atoms with Crippen LogP contribution in [0.1, 0.15) is 11.4 Å². The smallest absolute Gasteiger partial charge is 0.451 e. The van der Waals surface area contributed by atoms with Crippen molar-refractivity contribution in [2.75, 3.05) is 7.11 Å². The van der Waals surface area contributed by atoms with Crippen molar-refractivity contribution in [3.05, 3.63) is 17.6 Å². The summed E-state index contributed by atoms with van der Waals surface area (Å²) in [6.45, 7) is 1.57. The molecule has 0 aliphatic rings. The summed E-state index contributed by atoms with van der Waals surface area (Å²) >= 11 is 0. The average molecular weight is 192 g/mol. The first-order chi connectivity index (χ1) is 5.95. The summed E-state index contributed by atoms with van der Waals surface area (Å²) in [5.41, 5.74) is 0.468. The number of hydrogen-bond donors (Lipinski definition) is 0. The number of aromatic nitrogens is 2. The van der Waals surface area contributed by atoms with Gasteiger partial charge >= 0.3 is 6.18 Å². The van der Waals surface area contributed by atoms with Gasteiger partial charge in [-0.2, -0.15) is 18.2 Å². The fraction of sp³-hybridized carbons (Fsp3) is 0.429. The van der Waals surface area contributed by atoms with Gasteiger partial charge in [-0.1, -0.05) is 0 Å². The first-order valence-electron chi connectivity index (χ1n) is 3.40. The lowest BCUT2D eigenvalue weighted by Gasteiger charge is -2.07. The summed E-state index contributed by atoms with van der Waals surface area (Å²) in [4.78, 5) is 6.35. The highest BCUT2D eigenvalue weighted by molar-refractivity contribution is 5.22. The first kappa shape index (κ1) is 9.76. The highest BCUT2D eigenvalue weighted by atomic mass is 19.4. The van der Waals surface area contributed by atoms with E-state index in [0.717, 1.165) is 6.20 Å². The van der Waals surface area contributed by atoms with Crippen molar-refractivity contribution in [3.63, 3.8) is 0 Å². The van der Waals surface area contributed by atoms with Gasteiger partial charge in [-0.05, 0) is 6.92 Å². The number of rotatable bonds is 1. The molecular weight excluding hydrogens is 185 g/mol. The third kappa shape index (κ3) is 2.07. The second kappa shape index (κ2) is 3.20. The van der Waals surface area contributed by atoms with E-state index in [1.54, 1.807) is 6.92 Å². The van der Waals surface area contributed by atoms with Crippen molar-refractivity contribution in [2.24, 2.45) is 0 Å². The van der Waals surface area contributed by atoms with Crippen LogP contribution in [0.3, 0.4) is 0 Å². The molecule has 0 fully saturated rings. The van der Waals surface area contributed by atoms with Gasteiger partial charge in [0.2, 0.25) is 11.7 Å². The molecule has 1 heterocycles. The van der Waals surface area contributed by atoms with Crippen LogP contribution in [0.4, 0.5) is 13.2 Å². The van der Waals surface area contributed by atoms with E-state index in [1.807, 2.05) is 0 Å². The second-order valence-corrected chi connectivity index (χ2v) is 2.38. The lowest BCUT2D eigenvalue weighted by Crippen LogP contribution is -2.11. The topological polar surface area (TPSA) is 35.0 Å². The van der Waals surface area contributed by atoms with Gasteiger partial charge in [0.15, 0.2) is 0 Å². The molecule has 6 heteroatoms. The number of aryl methyl sites for hydroxylation is 1. The zero-order valence-electron chi connectivity index (χ0n) is 7.01. The van der Waals surface area contributed by atoms with E-state index in [9.17, 15) is 13.2 Å². The number of halogens is 3. The third-order valence-electron chi connectivity index (χ3n) is 1.37. The molecule has 1 aromatic heterocycles. The summed E-state index contributed by atoms with van der Waals surface area (Å²) in [7, 11) is 1.26. The Morgan fingerprint density at radius 2 is 2.00 bits per heavy atom. The molecule has 0 N–H and O–H groups in total. The molecule has 0 atom stereocenters. The van der Waals surface area contributed by atoms with Crippen molar-refractivity contribution in [1.29, 1.82) is 0 Å². The Labute approximate surface area is 72.6 Å². The van der Waals surface area contributed by atoms with Crippen LogP contribution in [0, 0.1) is 6.92 Å². The van der Waals surface area contributed by atoms with Crippen molar-refractivity contribution in [2.45, 2.75) is 13.1 Å². The standard InChI is InChI=1S/C7H7F3N2O/c1-4-3-11-6(7(8,9)10)12-5(4)13-2/h3H,1-2H3. The number of ether oxygens (including phenoxy) is 1. The molecule has 3 nitrogen and oxygen atoms in total. The van der Waals surface area contributed by atoms with Crippen LogP contribution in [-0.2, 0) is 6.18 Å². The Bertz CT molecular complexity index is 311. The van der Waals surface area contributed by atoms with Crippen LogP contribution in [-0.4, -0.2) is 17.1 Å². The zero-order chi connectivity index (χ0) is 10.1. The van der Waals surface area contributed by atoms with Crippen LogP contribution in [0.2, 0.25) is 0 Å². The minimum Gasteiger partial charge on any atom is -0.481 e. The van der Waals surface area contributed by atoms with Gasteiger partial charge in [0.25, 0.3) is 0 Å². The quantitative estimate of drug-likeness (QED) is 0.680. The molecule has 0 saturated carbocycles. The molecule has 0 radical (unpaired) electrons. The van der Waals surface area contributed by atoms with Gasteiger partial charge < -0.3 is 4.74 Å². The average Bonchev–Trinajstić information content (AvgIpc) is 2.03. The molecule has 72 valence electrons. The Hall–Kier alpha value is -1.33. The summed E-state index contributed by atoms with van der Waals surface area (Å²) in [5, 5.41) is 0. The highest BCUT2D eigenvalue weighted by Gasteiger charge is 2.35. The Morgan fingerprint density at radius 3 is 2.46 bits per heavy atom. The van der Waals surface area contributed by atoms with Crippen LogP contribution in [0.25, 0.3) is 0 Å². The zero-order valence-corrected chi connectivity index (χ0v) is 7.01. The Balaban J connectivity index is 3.14. The molecule has 0 aliphatic carbocycles. The maximum atomic E-state index is 12.1. The number of hydrogen-bond acceptors (Lipinski definition) is 3. The van der Waals surface area contributed by atoms with Crippen molar-refractivity contribution in [3.8, 4) is 5.88 Å². The van der Waals surface area contributed by atoms with Crippen LogP contribution < -0.4 is 4.74 Å². The predicted molar refractivity (Wildman–Crippen MR) is 38.3 cm³/mol. The number of alkyl halides is 3. The maximum absolute atomic E-state index is 12.1. The fourth-order valence-corrected chi connectivity index (χ4v) is 0.770. The monoisotopic (exact) mass is 192 g/mol. The van der Waals surface area contributed by atoms with Crippen molar-refractivity contribution >= 4 is 0 Å². The lowest BCUT2D eigenvalue weighted by molar-refractivity contribution is -0.145. The van der Waals surface area contributed by atoms with Gasteiger partial charge in [0.05, 0.1) is 7.11 Å². The summed E-state index contributed by atoms with van der Waals surface area (Å²) in [5.74, 6) is -1.24. The summed E-state index contributed by atoms with van der Waals surface area (Å²) in [6, 6.07) is 0. The summed E-state index contributed by atoms with van der Waals surface area (Å²) in [6.07, 6.45) is -3.45. The summed E-state index contributed by atoms with van der Waals surface area (Å²) < 4.78 is 40.8. The molecule has 13 heavy (non-hydrogen) atoms. The van der Waals surface area contributed by atoms with E-state index >= 15 is 0 Å². The van der Waals surface area contributed by atoms with E-state index in [-0.39, 0.29) is 5.88 Å².